The monoisotopic (exact) mass is 277 g/mol. The van der Waals surface area contributed by atoms with Gasteiger partial charge in [-0.1, -0.05) is 13.8 Å². The number of aromatic nitrogens is 3. The Hall–Kier alpha value is -0.280. The van der Waals surface area contributed by atoms with Gasteiger partial charge in [0, 0.05) is 29.6 Å². The summed E-state index contributed by atoms with van der Waals surface area (Å²) in [5.41, 5.74) is -0.108. The van der Waals surface area contributed by atoms with Gasteiger partial charge in [0.2, 0.25) is 0 Å². The highest BCUT2D eigenvalue weighted by atomic mass is 35.5. The first kappa shape index (κ1) is 14.8. The molecular weight excluding hydrogens is 257 g/mol. The maximum absolute atomic E-state index is 6.13. The van der Waals surface area contributed by atoms with Crippen LogP contribution < -0.4 is 0 Å². The molecule has 0 aliphatic carbocycles. The van der Waals surface area contributed by atoms with Crippen molar-refractivity contribution in [3.05, 3.63) is 12.2 Å². The summed E-state index contributed by atoms with van der Waals surface area (Å²) in [6, 6.07) is 0.308. The molecule has 0 spiro atoms. The van der Waals surface area contributed by atoms with Gasteiger partial charge in [0.15, 0.2) is 0 Å². The second-order valence-electron chi connectivity index (χ2n) is 5.18. The number of halogens is 2. The lowest BCUT2D eigenvalue weighted by Gasteiger charge is -2.33. The smallest absolute Gasteiger partial charge is 0.138 e. The van der Waals surface area contributed by atoms with E-state index in [-0.39, 0.29) is 5.41 Å². The van der Waals surface area contributed by atoms with Crippen molar-refractivity contribution in [2.45, 2.75) is 40.2 Å². The van der Waals surface area contributed by atoms with Crippen molar-refractivity contribution in [2.24, 2.45) is 11.3 Å². The first-order valence-corrected chi connectivity index (χ1v) is 7.04. The van der Waals surface area contributed by atoms with E-state index in [1.807, 2.05) is 4.68 Å². The number of hydrogen-bond acceptors (Lipinski definition) is 2. The van der Waals surface area contributed by atoms with Gasteiger partial charge in [0.05, 0.1) is 0 Å². The summed E-state index contributed by atoms with van der Waals surface area (Å²) < 4.78 is 1.94. The molecule has 0 atom stereocenters. The molecule has 0 aromatic carbocycles. The molecule has 5 heteroatoms. The molecule has 0 bridgehead atoms. The van der Waals surface area contributed by atoms with Crippen LogP contribution >= 0.6 is 23.2 Å². The van der Waals surface area contributed by atoms with Crippen molar-refractivity contribution in [3.8, 4) is 0 Å². The molecule has 1 aromatic heterocycles. The first-order chi connectivity index (χ1) is 7.96. The Labute approximate surface area is 114 Å². The van der Waals surface area contributed by atoms with E-state index < -0.39 is 0 Å². The Morgan fingerprint density at radius 1 is 1.24 bits per heavy atom. The minimum Gasteiger partial charge on any atom is -0.248 e. The second kappa shape index (κ2) is 6.05. The SMILES string of the molecule is CC(C)n1ncnc1CC(CCl)(CCl)C(C)C. The maximum atomic E-state index is 6.13. The summed E-state index contributed by atoms with van der Waals surface area (Å²) in [6.07, 6.45) is 2.37. The van der Waals surface area contributed by atoms with Crippen molar-refractivity contribution >= 4 is 23.2 Å². The van der Waals surface area contributed by atoms with Crippen LogP contribution in [0.2, 0.25) is 0 Å². The van der Waals surface area contributed by atoms with Crippen molar-refractivity contribution in [1.82, 2.24) is 14.8 Å². The molecule has 0 fully saturated rings. The molecule has 0 aliphatic heterocycles. The molecule has 0 amide bonds. The van der Waals surface area contributed by atoms with Gasteiger partial charge in [-0.2, -0.15) is 5.10 Å². The summed E-state index contributed by atoms with van der Waals surface area (Å²) in [7, 11) is 0. The fraction of sp³-hybridized carbons (Fsp3) is 0.833. The summed E-state index contributed by atoms with van der Waals surface area (Å²) in [6.45, 7) is 8.49. The molecule has 0 saturated heterocycles. The van der Waals surface area contributed by atoms with E-state index in [0.717, 1.165) is 12.2 Å². The standard InChI is InChI=1S/C12H21Cl2N3/c1-9(2)12(6-13,7-14)5-11-15-8-16-17(11)10(3)4/h8-10H,5-7H2,1-4H3. The molecule has 98 valence electrons. The summed E-state index contributed by atoms with van der Waals surface area (Å²) in [4.78, 5) is 4.34. The lowest BCUT2D eigenvalue weighted by atomic mass is 9.77. The van der Waals surface area contributed by atoms with Crippen LogP contribution in [-0.4, -0.2) is 26.5 Å². The Balaban J connectivity index is 2.97. The average molecular weight is 278 g/mol. The topological polar surface area (TPSA) is 30.7 Å². The van der Waals surface area contributed by atoms with Crippen LogP contribution in [-0.2, 0) is 6.42 Å². The van der Waals surface area contributed by atoms with Gasteiger partial charge in [0.25, 0.3) is 0 Å². The third kappa shape index (κ3) is 3.14. The normalized spacial score (nSPS) is 12.7. The molecule has 17 heavy (non-hydrogen) atoms. The minimum absolute atomic E-state index is 0.108. The highest BCUT2D eigenvalue weighted by molar-refractivity contribution is 6.21. The molecule has 1 heterocycles. The van der Waals surface area contributed by atoms with Crippen molar-refractivity contribution in [2.75, 3.05) is 11.8 Å². The summed E-state index contributed by atoms with van der Waals surface area (Å²) in [5.74, 6) is 2.46. The van der Waals surface area contributed by atoms with Crippen LogP contribution in [0.5, 0.6) is 0 Å². The number of rotatable bonds is 6. The van der Waals surface area contributed by atoms with E-state index in [2.05, 4.69) is 37.8 Å². The van der Waals surface area contributed by atoms with Gasteiger partial charge in [-0.3, -0.25) is 0 Å². The fourth-order valence-electron chi connectivity index (χ4n) is 1.79. The second-order valence-corrected chi connectivity index (χ2v) is 5.71. The third-order valence-electron chi connectivity index (χ3n) is 3.40. The Morgan fingerprint density at radius 3 is 2.24 bits per heavy atom. The zero-order chi connectivity index (χ0) is 13.1. The molecule has 0 radical (unpaired) electrons. The summed E-state index contributed by atoms with van der Waals surface area (Å²) >= 11 is 12.3. The van der Waals surface area contributed by atoms with E-state index in [0.29, 0.717) is 23.7 Å². The predicted molar refractivity (Wildman–Crippen MR) is 72.8 cm³/mol. The number of nitrogens with zero attached hydrogens (tertiary/aromatic N) is 3. The molecule has 3 nitrogen and oxygen atoms in total. The minimum atomic E-state index is -0.108. The van der Waals surface area contributed by atoms with Gasteiger partial charge in [-0.15, -0.1) is 23.2 Å². The Morgan fingerprint density at radius 2 is 1.82 bits per heavy atom. The first-order valence-electron chi connectivity index (χ1n) is 5.97. The molecule has 0 N–H and O–H groups in total. The molecule has 0 saturated carbocycles. The highest BCUT2D eigenvalue weighted by Gasteiger charge is 2.34. The van der Waals surface area contributed by atoms with Crippen LogP contribution in [0.3, 0.4) is 0 Å². The number of hydrogen-bond donors (Lipinski definition) is 0. The molecule has 1 rings (SSSR count). The average Bonchev–Trinajstić information content (AvgIpc) is 2.73. The fourth-order valence-corrected chi connectivity index (χ4v) is 2.88. The summed E-state index contributed by atoms with van der Waals surface area (Å²) in [5, 5.41) is 4.25. The van der Waals surface area contributed by atoms with Gasteiger partial charge in [-0.05, 0) is 19.8 Å². The Kier molecular flexibility index (Phi) is 5.26. The molecule has 0 unspecified atom stereocenters. The van der Waals surface area contributed by atoms with Crippen LogP contribution in [0.1, 0.15) is 39.6 Å². The predicted octanol–water partition coefficient (Wildman–Crippen LogP) is 3.52. The number of alkyl halides is 2. The lowest BCUT2D eigenvalue weighted by Crippen LogP contribution is -2.35. The molecular formula is C12H21Cl2N3. The van der Waals surface area contributed by atoms with Crippen molar-refractivity contribution in [1.29, 1.82) is 0 Å². The largest absolute Gasteiger partial charge is 0.248 e. The van der Waals surface area contributed by atoms with Gasteiger partial charge >= 0.3 is 0 Å². The van der Waals surface area contributed by atoms with Crippen molar-refractivity contribution in [3.63, 3.8) is 0 Å². The van der Waals surface area contributed by atoms with E-state index in [1.54, 1.807) is 6.33 Å². The van der Waals surface area contributed by atoms with E-state index in [9.17, 15) is 0 Å². The van der Waals surface area contributed by atoms with Crippen LogP contribution in [0.15, 0.2) is 6.33 Å². The van der Waals surface area contributed by atoms with Gasteiger partial charge < -0.3 is 0 Å². The quantitative estimate of drug-likeness (QED) is 0.745. The van der Waals surface area contributed by atoms with Gasteiger partial charge in [0.1, 0.15) is 12.2 Å². The van der Waals surface area contributed by atoms with Crippen molar-refractivity contribution < 1.29 is 0 Å². The highest BCUT2D eigenvalue weighted by Crippen LogP contribution is 2.34. The van der Waals surface area contributed by atoms with E-state index >= 15 is 0 Å². The lowest BCUT2D eigenvalue weighted by molar-refractivity contribution is 0.247. The Bertz CT molecular complexity index is 343. The van der Waals surface area contributed by atoms with Crippen LogP contribution in [0, 0.1) is 11.3 Å². The molecule has 0 aliphatic rings. The maximum Gasteiger partial charge on any atom is 0.138 e. The van der Waals surface area contributed by atoms with Crippen LogP contribution in [0.4, 0.5) is 0 Å². The van der Waals surface area contributed by atoms with Crippen LogP contribution in [0.25, 0.3) is 0 Å². The zero-order valence-corrected chi connectivity index (χ0v) is 12.5. The molecule has 1 aromatic rings. The van der Waals surface area contributed by atoms with Gasteiger partial charge in [-0.25, -0.2) is 9.67 Å². The van der Waals surface area contributed by atoms with E-state index in [4.69, 9.17) is 23.2 Å². The third-order valence-corrected chi connectivity index (χ3v) is 4.47. The zero-order valence-electron chi connectivity index (χ0n) is 11.0. The van der Waals surface area contributed by atoms with E-state index in [1.165, 1.54) is 0 Å².